The lowest BCUT2D eigenvalue weighted by atomic mass is 9.72. The maximum atomic E-state index is 5.95. The molecule has 1 aromatic rings. The van der Waals surface area contributed by atoms with E-state index >= 15 is 0 Å². The zero-order valence-electron chi connectivity index (χ0n) is 11.0. The number of ether oxygens (including phenoxy) is 1. The van der Waals surface area contributed by atoms with E-state index in [1.165, 1.54) is 17.7 Å². The maximum absolute atomic E-state index is 5.95. The molecular formula is C14H21N3OS. The Hall–Kier alpha value is -1.07. The van der Waals surface area contributed by atoms with E-state index in [0.29, 0.717) is 24.0 Å². The molecule has 104 valence electrons. The first-order valence-electron chi connectivity index (χ1n) is 7.03. The summed E-state index contributed by atoms with van der Waals surface area (Å²) in [5.41, 5.74) is 5.95. The van der Waals surface area contributed by atoms with Crippen molar-refractivity contribution in [1.29, 1.82) is 0 Å². The first-order chi connectivity index (χ1) is 9.33. The molecule has 0 spiro atoms. The minimum absolute atomic E-state index is 0.463. The van der Waals surface area contributed by atoms with Crippen LogP contribution in [0.25, 0.3) is 0 Å². The van der Waals surface area contributed by atoms with E-state index in [4.69, 9.17) is 10.5 Å². The molecule has 0 bridgehead atoms. The summed E-state index contributed by atoms with van der Waals surface area (Å²) in [5, 5.41) is 5.44. The maximum Gasteiger partial charge on any atom is 0.188 e. The van der Waals surface area contributed by atoms with Gasteiger partial charge in [-0.15, -0.1) is 11.3 Å². The van der Waals surface area contributed by atoms with Crippen molar-refractivity contribution in [2.75, 3.05) is 13.2 Å². The van der Waals surface area contributed by atoms with Crippen LogP contribution in [0.4, 0.5) is 0 Å². The minimum atomic E-state index is 0.463. The van der Waals surface area contributed by atoms with Crippen LogP contribution in [0.1, 0.15) is 24.1 Å². The number of hydrogen-bond acceptors (Lipinski definition) is 3. The van der Waals surface area contributed by atoms with Gasteiger partial charge in [-0.05, 0) is 30.7 Å². The van der Waals surface area contributed by atoms with Crippen LogP contribution in [0.5, 0.6) is 0 Å². The fourth-order valence-corrected chi connectivity index (χ4v) is 3.64. The minimum Gasteiger partial charge on any atom is -0.378 e. The number of thiophene rings is 1. The second-order valence-electron chi connectivity index (χ2n) is 5.30. The van der Waals surface area contributed by atoms with Crippen molar-refractivity contribution in [2.24, 2.45) is 16.6 Å². The molecule has 1 saturated carbocycles. The highest BCUT2D eigenvalue weighted by molar-refractivity contribution is 7.09. The van der Waals surface area contributed by atoms with E-state index in [2.05, 4.69) is 27.8 Å². The molecule has 3 unspecified atom stereocenters. The fraction of sp³-hybridized carbons (Fsp3) is 0.643. The molecule has 3 rings (SSSR count). The summed E-state index contributed by atoms with van der Waals surface area (Å²) in [7, 11) is 0. The molecule has 0 amide bonds. The first kappa shape index (κ1) is 12.9. The van der Waals surface area contributed by atoms with Crippen LogP contribution in [-0.2, 0) is 11.2 Å². The average Bonchev–Trinajstić information content (AvgIpc) is 2.89. The zero-order chi connectivity index (χ0) is 13.1. The van der Waals surface area contributed by atoms with Gasteiger partial charge in [-0.1, -0.05) is 6.07 Å². The van der Waals surface area contributed by atoms with E-state index in [9.17, 15) is 0 Å². The first-order valence-corrected chi connectivity index (χ1v) is 7.91. The fourth-order valence-electron chi connectivity index (χ4n) is 2.94. The second-order valence-corrected chi connectivity index (χ2v) is 6.33. The molecule has 2 heterocycles. The predicted octanol–water partition coefficient (Wildman–Crippen LogP) is 1.76. The molecule has 3 atom stereocenters. The number of rotatable bonds is 4. The monoisotopic (exact) mass is 279 g/mol. The Balaban J connectivity index is 1.42. The van der Waals surface area contributed by atoms with Gasteiger partial charge in [0.25, 0.3) is 0 Å². The van der Waals surface area contributed by atoms with Crippen molar-refractivity contribution in [1.82, 2.24) is 5.32 Å². The van der Waals surface area contributed by atoms with Crippen LogP contribution in [0, 0.1) is 5.92 Å². The van der Waals surface area contributed by atoms with E-state index in [0.717, 1.165) is 26.0 Å². The van der Waals surface area contributed by atoms with Gasteiger partial charge in [-0.3, -0.25) is 4.99 Å². The quantitative estimate of drug-likeness (QED) is 0.652. The van der Waals surface area contributed by atoms with Crippen LogP contribution in [0.2, 0.25) is 0 Å². The zero-order valence-corrected chi connectivity index (χ0v) is 11.9. The summed E-state index contributed by atoms with van der Waals surface area (Å²) in [5.74, 6) is 1.23. The molecule has 19 heavy (non-hydrogen) atoms. The van der Waals surface area contributed by atoms with Crippen LogP contribution < -0.4 is 11.1 Å². The summed E-state index contributed by atoms with van der Waals surface area (Å²) < 4.78 is 5.70. The number of nitrogens with one attached hydrogen (secondary N) is 1. The highest BCUT2D eigenvalue weighted by Gasteiger charge is 2.43. The molecule has 2 aliphatic rings. The lowest BCUT2D eigenvalue weighted by Gasteiger charge is -2.47. The highest BCUT2D eigenvalue weighted by atomic mass is 32.1. The highest BCUT2D eigenvalue weighted by Crippen LogP contribution is 2.37. The topological polar surface area (TPSA) is 59.6 Å². The molecule has 3 N–H and O–H groups in total. The smallest absolute Gasteiger partial charge is 0.188 e. The second kappa shape index (κ2) is 5.92. The molecule has 1 aliphatic heterocycles. The third-order valence-electron chi connectivity index (χ3n) is 4.05. The summed E-state index contributed by atoms with van der Waals surface area (Å²) in [6.45, 7) is 1.69. The van der Waals surface area contributed by atoms with Crippen molar-refractivity contribution in [3.05, 3.63) is 22.4 Å². The van der Waals surface area contributed by atoms with Crippen molar-refractivity contribution < 1.29 is 4.74 Å². The Bertz CT molecular complexity index is 432. The summed E-state index contributed by atoms with van der Waals surface area (Å²) in [6, 6.07) is 4.68. The number of nitrogens with zero attached hydrogens (tertiary/aromatic N) is 1. The lowest BCUT2D eigenvalue weighted by Crippen LogP contribution is -2.59. The van der Waals surface area contributed by atoms with Gasteiger partial charge in [-0.25, -0.2) is 0 Å². The van der Waals surface area contributed by atoms with Crippen molar-refractivity contribution in [2.45, 2.75) is 37.8 Å². The Kier molecular flexibility index (Phi) is 4.03. The standard InChI is InChI=1S/C14H21N3OS/c15-14(16-6-5-10-3-2-8-19-10)17-12-9-13-11(12)4-1-7-18-13/h2-3,8,11-13H,1,4-7,9H2,(H3,15,16,17). The summed E-state index contributed by atoms with van der Waals surface area (Å²) >= 11 is 1.77. The Morgan fingerprint density at radius 3 is 3.32 bits per heavy atom. The van der Waals surface area contributed by atoms with Crippen LogP contribution in [0.3, 0.4) is 0 Å². The Morgan fingerprint density at radius 1 is 1.58 bits per heavy atom. The normalized spacial score (nSPS) is 30.5. The van der Waals surface area contributed by atoms with Crippen LogP contribution in [0.15, 0.2) is 22.5 Å². The van der Waals surface area contributed by atoms with Gasteiger partial charge in [-0.2, -0.15) is 0 Å². The number of fused-ring (bicyclic) bond motifs is 1. The number of nitrogens with two attached hydrogens (primary N) is 1. The Morgan fingerprint density at radius 2 is 2.53 bits per heavy atom. The molecule has 4 nitrogen and oxygen atoms in total. The van der Waals surface area contributed by atoms with Crippen LogP contribution >= 0.6 is 11.3 Å². The van der Waals surface area contributed by atoms with Crippen molar-refractivity contribution in [3.8, 4) is 0 Å². The third-order valence-corrected chi connectivity index (χ3v) is 4.98. The summed E-state index contributed by atoms with van der Waals surface area (Å²) in [4.78, 5) is 5.77. The van der Waals surface area contributed by atoms with E-state index in [1.54, 1.807) is 11.3 Å². The van der Waals surface area contributed by atoms with E-state index < -0.39 is 0 Å². The van der Waals surface area contributed by atoms with Crippen molar-refractivity contribution >= 4 is 17.3 Å². The van der Waals surface area contributed by atoms with Gasteiger partial charge < -0.3 is 15.8 Å². The number of hydrogen-bond donors (Lipinski definition) is 2. The van der Waals surface area contributed by atoms with Gasteiger partial charge in [0.05, 0.1) is 6.10 Å². The largest absolute Gasteiger partial charge is 0.378 e. The molecule has 1 aromatic heterocycles. The lowest BCUT2D eigenvalue weighted by molar-refractivity contribution is -0.0989. The molecule has 0 aromatic carbocycles. The average molecular weight is 279 g/mol. The summed E-state index contributed by atoms with van der Waals surface area (Å²) in [6.07, 6.45) is 4.94. The molecule has 2 fully saturated rings. The van der Waals surface area contributed by atoms with Crippen molar-refractivity contribution in [3.63, 3.8) is 0 Å². The third kappa shape index (κ3) is 3.09. The molecule has 5 heteroatoms. The predicted molar refractivity (Wildman–Crippen MR) is 78.5 cm³/mol. The van der Waals surface area contributed by atoms with Gasteiger partial charge in [0, 0.05) is 36.4 Å². The molecule has 0 radical (unpaired) electrons. The van der Waals surface area contributed by atoms with E-state index in [1.807, 2.05) is 0 Å². The Labute approximate surface area is 118 Å². The van der Waals surface area contributed by atoms with E-state index in [-0.39, 0.29) is 0 Å². The van der Waals surface area contributed by atoms with Gasteiger partial charge in [0.1, 0.15) is 0 Å². The number of aliphatic imine (C=N–C) groups is 1. The molecule has 1 aliphatic carbocycles. The number of guanidine groups is 1. The van der Waals surface area contributed by atoms with Gasteiger partial charge in [0.15, 0.2) is 5.96 Å². The molecule has 1 saturated heterocycles. The van der Waals surface area contributed by atoms with Crippen LogP contribution in [-0.4, -0.2) is 31.3 Å². The molecular weight excluding hydrogens is 258 g/mol. The SMILES string of the molecule is NC(=NCCc1cccs1)NC1CC2OCCCC12. The van der Waals surface area contributed by atoms with Gasteiger partial charge >= 0.3 is 0 Å². The van der Waals surface area contributed by atoms with Gasteiger partial charge in [0.2, 0.25) is 0 Å².